The molecule has 0 unspecified atom stereocenters. The van der Waals surface area contributed by atoms with Crippen LogP contribution in [0.2, 0.25) is 0 Å². The topological polar surface area (TPSA) is 61.2 Å². The molecule has 4 heteroatoms. The van der Waals surface area contributed by atoms with Gasteiger partial charge in [0.25, 0.3) is 5.91 Å². The molecule has 0 spiro atoms. The molecule has 0 aliphatic heterocycles. The van der Waals surface area contributed by atoms with Gasteiger partial charge in [0.05, 0.1) is 11.6 Å². The molecule has 0 fully saturated rings. The largest absolute Gasteiger partial charge is 0.334 e. The maximum atomic E-state index is 13.2. The second-order valence-corrected chi connectivity index (χ2v) is 7.17. The highest BCUT2D eigenvalue weighted by Gasteiger charge is 2.27. The number of rotatable bonds is 5. The van der Waals surface area contributed by atoms with E-state index in [1.807, 2.05) is 49.4 Å². The van der Waals surface area contributed by atoms with Gasteiger partial charge in [0.15, 0.2) is 5.78 Å². The first-order valence-electron chi connectivity index (χ1n) is 9.69. The molecule has 0 saturated heterocycles. The monoisotopic (exact) mass is 380 g/mol. The quantitative estimate of drug-likeness (QED) is 0.499. The first kappa shape index (κ1) is 18.6. The lowest BCUT2D eigenvalue weighted by Gasteiger charge is -2.22. The van der Waals surface area contributed by atoms with Crippen molar-refractivity contribution >= 4 is 11.7 Å². The van der Waals surface area contributed by atoms with Crippen LogP contribution in [0.15, 0.2) is 66.7 Å². The van der Waals surface area contributed by atoms with E-state index in [-0.39, 0.29) is 11.7 Å². The second kappa shape index (κ2) is 7.73. The third kappa shape index (κ3) is 3.43. The van der Waals surface area contributed by atoms with E-state index < -0.39 is 0 Å². The van der Waals surface area contributed by atoms with Gasteiger partial charge >= 0.3 is 0 Å². The normalized spacial score (nSPS) is 11.5. The summed E-state index contributed by atoms with van der Waals surface area (Å²) in [6.07, 6.45) is 0.831. The Kier molecular flexibility index (Phi) is 4.97. The molecule has 1 amide bonds. The molecular weight excluding hydrogens is 360 g/mol. The molecule has 0 aromatic heterocycles. The van der Waals surface area contributed by atoms with Crippen LogP contribution in [-0.2, 0) is 6.54 Å². The molecule has 0 radical (unpaired) electrons. The molecule has 3 aromatic carbocycles. The third-order valence-corrected chi connectivity index (χ3v) is 5.21. The zero-order valence-electron chi connectivity index (χ0n) is 16.2. The van der Waals surface area contributed by atoms with Gasteiger partial charge in [0.1, 0.15) is 0 Å². The average Bonchev–Trinajstić information content (AvgIpc) is 3.05. The number of benzene rings is 3. The predicted octanol–water partition coefficient (Wildman–Crippen LogP) is 4.82. The number of carbonyl (C=O) groups excluding carboxylic acids is 2. The fourth-order valence-electron chi connectivity index (χ4n) is 3.77. The van der Waals surface area contributed by atoms with Crippen LogP contribution in [0.25, 0.3) is 11.1 Å². The lowest BCUT2D eigenvalue weighted by atomic mass is 10.0. The fraction of sp³-hybridized carbons (Fsp3) is 0.160. The second-order valence-electron chi connectivity index (χ2n) is 7.17. The molecule has 29 heavy (non-hydrogen) atoms. The first-order chi connectivity index (χ1) is 14.1. The van der Waals surface area contributed by atoms with E-state index in [4.69, 9.17) is 5.26 Å². The molecule has 0 heterocycles. The van der Waals surface area contributed by atoms with Crippen LogP contribution in [0.1, 0.15) is 50.8 Å². The van der Waals surface area contributed by atoms with Gasteiger partial charge in [-0.15, -0.1) is 0 Å². The maximum Gasteiger partial charge on any atom is 0.254 e. The molecule has 0 saturated carbocycles. The number of ketones is 1. The highest BCUT2D eigenvalue weighted by Crippen LogP contribution is 2.36. The van der Waals surface area contributed by atoms with E-state index in [0.717, 1.165) is 23.1 Å². The summed E-state index contributed by atoms with van der Waals surface area (Å²) < 4.78 is 0. The zero-order chi connectivity index (χ0) is 20.4. The molecule has 0 bridgehead atoms. The van der Waals surface area contributed by atoms with Crippen LogP contribution in [0.3, 0.4) is 0 Å². The van der Waals surface area contributed by atoms with Gasteiger partial charge in [0.2, 0.25) is 0 Å². The van der Waals surface area contributed by atoms with Crippen LogP contribution >= 0.6 is 0 Å². The molecule has 142 valence electrons. The lowest BCUT2D eigenvalue weighted by molar-refractivity contribution is 0.0743. The number of amides is 1. The van der Waals surface area contributed by atoms with Gasteiger partial charge in [-0.1, -0.05) is 49.4 Å². The Bertz CT molecular complexity index is 1140. The smallest absolute Gasteiger partial charge is 0.254 e. The van der Waals surface area contributed by atoms with Crippen LogP contribution in [0.4, 0.5) is 0 Å². The molecule has 0 N–H and O–H groups in total. The third-order valence-electron chi connectivity index (χ3n) is 5.21. The van der Waals surface area contributed by atoms with Crippen molar-refractivity contribution < 1.29 is 9.59 Å². The fourth-order valence-corrected chi connectivity index (χ4v) is 3.77. The van der Waals surface area contributed by atoms with Crippen molar-refractivity contribution in [2.24, 2.45) is 0 Å². The number of nitrogens with zero attached hydrogens (tertiary/aromatic N) is 2. The van der Waals surface area contributed by atoms with Crippen molar-refractivity contribution in [2.45, 2.75) is 19.9 Å². The molecule has 1 aliphatic rings. The van der Waals surface area contributed by atoms with Crippen LogP contribution in [0.5, 0.6) is 0 Å². The van der Waals surface area contributed by atoms with Crippen molar-refractivity contribution in [3.05, 3.63) is 94.5 Å². The summed E-state index contributed by atoms with van der Waals surface area (Å²) in [5.41, 5.74) is 5.18. The summed E-state index contributed by atoms with van der Waals surface area (Å²) in [4.78, 5) is 27.7. The highest BCUT2D eigenvalue weighted by molar-refractivity contribution is 6.22. The molecule has 4 nitrogen and oxygen atoms in total. The van der Waals surface area contributed by atoms with E-state index in [0.29, 0.717) is 35.3 Å². The van der Waals surface area contributed by atoms with Crippen molar-refractivity contribution in [3.8, 4) is 17.2 Å². The molecule has 4 rings (SSSR count). The van der Waals surface area contributed by atoms with Gasteiger partial charge < -0.3 is 4.90 Å². The minimum atomic E-state index is -0.0947. The Hall–Kier alpha value is -3.71. The lowest BCUT2D eigenvalue weighted by Crippen LogP contribution is -2.31. The van der Waals surface area contributed by atoms with Crippen molar-refractivity contribution in [1.29, 1.82) is 5.26 Å². The summed E-state index contributed by atoms with van der Waals surface area (Å²) in [5, 5.41) is 8.95. The number of hydrogen-bond donors (Lipinski definition) is 0. The predicted molar refractivity (Wildman–Crippen MR) is 111 cm³/mol. The number of hydrogen-bond acceptors (Lipinski definition) is 3. The summed E-state index contributed by atoms with van der Waals surface area (Å²) in [5.74, 6) is -0.123. The van der Waals surface area contributed by atoms with E-state index in [1.54, 1.807) is 29.2 Å². The number of fused-ring (bicyclic) bond motifs is 3. The first-order valence-corrected chi connectivity index (χ1v) is 9.69. The molecule has 0 atom stereocenters. The Morgan fingerprint density at radius 1 is 0.931 bits per heavy atom. The summed E-state index contributed by atoms with van der Waals surface area (Å²) in [6, 6.07) is 22.3. The molecule has 1 aliphatic carbocycles. The van der Waals surface area contributed by atoms with Crippen molar-refractivity contribution in [3.63, 3.8) is 0 Å². The highest BCUT2D eigenvalue weighted by atomic mass is 16.2. The van der Waals surface area contributed by atoms with Crippen molar-refractivity contribution in [2.75, 3.05) is 6.54 Å². The summed E-state index contributed by atoms with van der Waals surface area (Å²) in [7, 11) is 0. The van der Waals surface area contributed by atoms with Crippen molar-refractivity contribution in [1.82, 2.24) is 4.90 Å². The molecular formula is C25H20N2O2. The van der Waals surface area contributed by atoms with Gasteiger partial charge in [0, 0.05) is 29.8 Å². The minimum Gasteiger partial charge on any atom is -0.334 e. The zero-order valence-corrected chi connectivity index (χ0v) is 16.2. The SMILES string of the molecule is CCCN(Cc1ccc(C#N)cc1)C(=O)c1ccc2c(c1)C(=O)c1ccccc1-2. The van der Waals surface area contributed by atoms with E-state index in [2.05, 4.69) is 6.07 Å². The van der Waals surface area contributed by atoms with E-state index >= 15 is 0 Å². The van der Waals surface area contributed by atoms with Crippen LogP contribution in [-0.4, -0.2) is 23.1 Å². The van der Waals surface area contributed by atoms with Crippen LogP contribution < -0.4 is 0 Å². The number of nitriles is 1. The van der Waals surface area contributed by atoms with Gasteiger partial charge in [-0.2, -0.15) is 5.26 Å². The Labute approximate surface area is 170 Å². The van der Waals surface area contributed by atoms with Gasteiger partial charge in [-0.25, -0.2) is 0 Å². The van der Waals surface area contributed by atoms with Gasteiger partial charge in [-0.3, -0.25) is 9.59 Å². The van der Waals surface area contributed by atoms with E-state index in [9.17, 15) is 9.59 Å². The Morgan fingerprint density at radius 3 is 2.31 bits per heavy atom. The maximum absolute atomic E-state index is 13.2. The Balaban J connectivity index is 1.62. The number of carbonyl (C=O) groups is 2. The van der Waals surface area contributed by atoms with Crippen LogP contribution in [0, 0.1) is 11.3 Å². The van der Waals surface area contributed by atoms with Gasteiger partial charge in [-0.05, 0) is 47.4 Å². The Morgan fingerprint density at radius 2 is 1.62 bits per heavy atom. The van der Waals surface area contributed by atoms with E-state index in [1.165, 1.54) is 0 Å². The molecule has 3 aromatic rings. The standard InChI is InChI=1S/C25H20N2O2/c1-2-13-27(16-18-9-7-17(15-26)8-10-18)25(29)19-11-12-21-20-5-3-4-6-22(20)24(28)23(21)14-19/h3-12,14H,2,13,16H2,1H3. The summed E-state index contributed by atoms with van der Waals surface area (Å²) in [6.45, 7) is 3.11. The summed E-state index contributed by atoms with van der Waals surface area (Å²) >= 11 is 0. The average molecular weight is 380 g/mol. The minimum absolute atomic E-state index is 0.0283.